The fourth-order valence-corrected chi connectivity index (χ4v) is 1.83. The molecule has 0 fully saturated rings. The van der Waals surface area contributed by atoms with Gasteiger partial charge in [0.2, 0.25) is 10.0 Å². The highest BCUT2D eigenvalue weighted by molar-refractivity contribution is 7.89. The van der Waals surface area contributed by atoms with Crippen molar-refractivity contribution in [2.24, 2.45) is 11.1 Å². The molecule has 1 aromatic carbocycles. The molecule has 0 heterocycles. The summed E-state index contributed by atoms with van der Waals surface area (Å²) in [6, 6.07) is 2.83. The molecule has 3 N–H and O–H groups in total. The summed E-state index contributed by atoms with van der Waals surface area (Å²) >= 11 is 0. The van der Waals surface area contributed by atoms with Crippen LogP contribution in [-0.4, -0.2) is 20.4 Å². The van der Waals surface area contributed by atoms with Gasteiger partial charge in [-0.1, -0.05) is 13.8 Å². The second-order valence-electron chi connectivity index (χ2n) is 4.69. The largest absolute Gasteiger partial charge is 0.349 e. The number of hydrogen-bond acceptors (Lipinski definition) is 3. The molecule has 1 rings (SSSR count). The number of sulfonamides is 1. The summed E-state index contributed by atoms with van der Waals surface area (Å²) in [4.78, 5) is 11.4. The molecule has 0 radical (unpaired) electrons. The van der Waals surface area contributed by atoms with Crippen molar-refractivity contribution in [1.29, 1.82) is 0 Å². The number of carbonyl (C=O) groups excluding carboxylic acids is 1. The van der Waals surface area contributed by atoms with Crippen molar-refractivity contribution in [3.05, 3.63) is 29.6 Å². The summed E-state index contributed by atoms with van der Waals surface area (Å²) in [6.45, 7) is 5.65. The highest BCUT2D eigenvalue weighted by atomic mass is 32.2. The van der Waals surface area contributed by atoms with Crippen LogP contribution in [0.1, 0.15) is 31.1 Å². The summed E-state index contributed by atoms with van der Waals surface area (Å²) in [5.41, 5.74) is -0.208. The van der Waals surface area contributed by atoms with Gasteiger partial charge in [-0.3, -0.25) is 4.79 Å². The van der Waals surface area contributed by atoms with Gasteiger partial charge in [0.1, 0.15) is 5.82 Å². The third kappa shape index (κ3) is 4.00. The van der Waals surface area contributed by atoms with E-state index in [9.17, 15) is 17.6 Å². The van der Waals surface area contributed by atoms with Crippen molar-refractivity contribution in [2.45, 2.75) is 31.7 Å². The Kier molecular flexibility index (Phi) is 4.65. The van der Waals surface area contributed by atoms with Crippen LogP contribution in [0.25, 0.3) is 0 Å². The number of hydrogen-bond donors (Lipinski definition) is 2. The van der Waals surface area contributed by atoms with Crippen molar-refractivity contribution in [1.82, 2.24) is 5.32 Å². The maximum atomic E-state index is 13.7. The monoisotopic (exact) mass is 288 g/mol. The SMILES string of the molecule is CC(C)C(C)NC(=O)c1ccc(S(N)(=O)=O)cc1F. The third-order valence-electron chi connectivity index (χ3n) is 2.87. The van der Waals surface area contributed by atoms with Crippen LogP contribution in [0.5, 0.6) is 0 Å². The van der Waals surface area contributed by atoms with Gasteiger partial charge in [-0.15, -0.1) is 0 Å². The van der Waals surface area contributed by atoms with Gasteiger partial charge < -0.3 is 5.32 Å². The van der Waals surface area contributed by atoms with E-state index in [-0.39, 0.29) is 22.4 Å². The Bertz CT molecular complexity index is 585. The van der Waals surface area contributed by atoms with Gasteiger partial charge in [-0.2, -0.15) is 0 Å². The minimum atomic E-state index is -3.98. The molecule has 0 aromatic heterocycles. The number of halogens is 1. The maximum Gasteiger partial charge on any atom is 0.254 e. The van der Waals surface area contributed by atoms with Crippen LogP contribution in [0.3, 0.4) is 0 Å². The molecular formula is C12H17FN2O3S. The Hall–Kier alpha value is -1.47. The molecule has 0 saturated carbocycles. The number of nitrogens with one attached hydrogen (secondary N) is 1. The summed E-state index contributed by atoms with van der Waals surface area (Å²) in [5.74, 6) is -1.30. The molecule has 0 spiro atoms. The fraction of sp³-hybridized carbons (Fsp3) is 0.417. The normalized spacial score (nSPS) is 13.4. The molecule has 0 bridgehead atoms. The number of primary sulfonamides is 1. The lowest BCUT2D eigenvalue weighted by Crippen LogP contribution is -2.36. The van der Waals surface area contributed by atoms with Crippen molar-refractivity contribution >= 4 is 15.9 Å². The van der Waals surface area contributed by atoms with Crippen LogP contribution in [0.4, 0.5) is 4.39 Å². The first kappa shape index (κ1) is 15.6. The predicted octanol–water partition coefficient (Wildman–Crippen LogP) is 1.25. The lowest BCUT2D eigenvalue weighted by atomic mass is 10.1. The Morgan fingerprint density at radius 2 is 1.89 bits per heavy atom. The molecule has 19 heavy (non-hydrogen) atoms. The van der Waals surface area contributed by atoms with E-state index >= 15 is 0 Å². The molecule has 1 amide bonds. The first-order chi connectivity index (χ1) is 8.62. The summed E-state index contributed by atoms with van der Waals surface area (Å²) in [6.07, 6.45) is 0. The van der Waals surface area contributed by atoms with Crippen LogP contribution in [0.2, 0.25) is 0 Å². The fourth-order valence-electron chi connectivity index (χ4n) is 1.31. The van der Waals surface area contributed by atoms with Gasteiger partial charge in [-0.25, -0.2) is 17.9 Å². The van der Waals surface area contributed by atoms with Crippen molar-refractivity contribution in [3.8, 4) is 0 Å². The third-order valence-corrected chi connectivity index (χ3v) is 3.78. The van der Waals surface area contributed by atoms with Gasteiger partial charge in [0, 0.05) is 6.04 Å². The second kappa shape index (κ2) is 5.66. The molecule has 1 aromatic rings. The van der Waals surface area contributed by atoms with Gasteiger partial charge in [-0.05, 0) is 31.0 Å². The first-order valence-electron chi connectivity index (χ1n) is 5.76. The smallest absolute Gasteiger partial charge is 0.254 e. The number of rotatable bonds is 4. The molecule has 1 unspecified atom stereocenters. The van der Waals surface area contributed by atoms with E-state index in [1.54, 1.807) is 6.92 Å². The van der Waals surface area contributed by atoms with Crippen LogP contribution >= 0.6 is 0 Å². The van der Waals surface area contributed by atoms with Crippen LogP contribution in [0.15, 0.2) is 23.1 Å². The lowest BCUT2D eigenvalue weighted by molar-refractivity contribution is 0.0926. The van der Waals surface area contributed by atoms with Crippen molar-refractivity contribution in [2.75, 3.05) is 0 Å². The highest BCUT2D eigenvalue weighted by Gasteiger charge is 2.18. The molecule has 5 nitrogen and oxygen atoms in total. The van der Waals surface area contributed by atoms with E-state index in [0.717, 1.165) is 18.2 Å². The van der Waals surface area contributed by atoms with E-state index < -0.39 is 21.7 Å². The Morgan fingerprint density at radius 3 is 2.32 bits per heavy atom. The van der Waals surface area contributed by atoms with Gasteiger partial charge in [0.25, 0.3) is 5.91 Å². The summed E-state index contributed by atoms with van der Waals surface area (Å²) in [7, 11) is -3.98. The van der Waals surface area contributed by atoms with E-state index in [0.29, 0.717) is 0 Å². The Labute approximate surface area is 112 Å². The average molecular weight is 288 g/mol. The Balaban J connectivity index is 3.01. The first-order valence-corrected chi connectivity index (χ1v) is 7.30. The van der Waals surface area contributed by atoms with Crippen molar-refractivity contribution in [3.63, 3.8) is 0 Å². The zero-order valence-corrected chi connectivity index (χ0v) is 11.8. The van der Waals surface area contributed by atoms with E-state index in [4.69, 9.17) is 5.14 Å². The number of amides is 1. The summed E-state index contributed by atoms with van der Waals surface area (Å²) < 4.78 is 35.8. The quantitative estimate of drug-likeness (QED) is 0.873. The van der Waals surface area contributed by atoms with Gasteiger partial charge in [0.15, 0.2) is 0 Å². The molecule has 0 saturated heterocycles. The lowest BCUT2D eigenvalue weighted by Gasteiger charge is -2.17. The van der Waals surface area contributed by atoms with Crippen molar-refractivity contribution < 1.29 is 17.6 Å². The summed E-state index contributed by atoms with van der Waals surface area (Å²) in [5, 5.41) is 7.51. The average Bonchev–Trinajstić information content (AvgIpc) is 2.27. The van der Waals surface area contributed by atoms with Gasteiger partial charge >= 0.3 is 0 Å². The molecule has 1 atom stereocenters. The molecule has 106 valence electrons. The topological polar surface area (TPSA) is 89.3 Å². The minimum absolute atomic E-state index is 0.121. The van der Waals surface area contributed by atoms with E-state index in [2.05, 4.69) is 5.32 Å². The molecular weight excluding hydrogens is 271 g/mol. The van der Waals surface area contributed by atoms with Crippen LogP contribution in [0, 0.1) is 11.7 Å². The maximum absolute atomic E-state index is 13.7. The van der Waals surface area contributed by atoms with E-state index in [1.807, 2.05) is 13.8 Å². The van der Waals surface area contributed by atoms with Gasteiger partial charge in [0.05, 0.1) is 10.5 Å². The van der Waals surface area contributed by atoms with Crippen LogP contribution < -0.4 is 10.5 Å². The zero-order chi connectivity index (χ0) is 14.8. The number of carbonyl (C=O) groups is 1. The number of nitrogens with two attached hydrogens (primary N) is 1. The standard InChI is InChI=1S/C12H17FN2O3S/c1-7(2)8(3)15-12(16)10-5-4-9(6-11(10)13)19(14,17)18/h4-8H,1-3H3,(H,15,16)(H2,14,17,18). The zero-order valence-electron chi connectivity index (χ0n) is 11.0. The second-order valence-corrected chi connectivity index (χ2v) is 6.25. The predicted molar refractivity (Wildman–Crippen MR) is 69.5 cm³/mol. The number of benzene rings is 1. The molecule has 0 aliphatic rings. The molecule has 7 heteroatoms. The van der Waals surface area contributed by atoms with Crippen LogP contribution in [-0.2, 0) is 10.0 Å². The highest BCUT2D eigenvalue weighted by Crippen LogP contribution is 2.14. The Morgan fingerprint density at radius 1 is 1.32 bits per heavy atom. The molecule has 0 aliphatic carbocycles. The minimum Gasteiger partial charge on any atom is -0.349 e. The molecule has 0 aliphatic heterocycles. The van der Waals surface area contributed by atoms with E-state index in [1.165, 1.54) is 0 Å².